The zero-order chi connectivity index (χ0) is 9.68. The van der Waals surface area contributed by atoms with Crippen molar-refractivity contribution in [3.8, 4) is 0 Å². The van der Waals surface area contributed by atoms with Crippen LogP contribution in [0.1, 0.15) is 18.9 Å². The van der Waals surface area contributed by atoms with Gasteiger partial charge in [-0.05, 0) is 24.5 Å². The van der Waals surface area contributed by atoms with Gasteiger partial charge >= 0.3 is 0 Å². The van der Waals surface area contributed by atoms with E-state index in [9.17, 15) is 0 Å². The molecule has 1 atom stereocenters. The fourth-order valence-corrected chi connectivity index (χ4v) is 1.21. The summed E-state index contributed by atoms with van der Waals surface area (Å²) >= 11 is 0. The number of nitrogens with zero attached hydrogens (tertiary/aromatic N) is 1. The average molecular weight is 180 g/mol. The van der Waals surface area contributed by atoms with Crippen molar-refractivity contribution >= 4 is 5.82 Å². The summed E-state index contributed by atoms with van der Waals surface area (Å²) in [6.07, 6.45) is 3.49. The van der Waals surface area contributed by atoms with E-state index in [-0.39, 0.29) is 6.04 Å². The molecule has 1 heterocycles. The van der Waals surface area contributed by atoms with Crippen LogP contribution in [0.4, 0.5) is 5.82 Å². The van der Waals surface area contributed by atoms with Crippen LogP contribution in [-0.2, 0) is 6.42 Å². The number of hydrazine groups is 1. The third-order valence-corrected chi connectivity index (χ3v) is 2.12. The van der Waals surface area contributed by atoms with Crippen molar-refractivity contribution in [2.75, 3.05) is 5.73 Å². The molecule has 4 heteroatoms. The molecule has 0 radical (unpaired) electrons. The minimum absolute atomic E-state index is 0.270. The third-order valence-electron chi connectivity index (χ3n) is 2.12. The Morgan fingerprint density at radius 3 is 2.92 bits per heavy atom. The molecule has 0 bridgehead atoms. The molecule has 1 aromatic heterocycles. The summed E-state index contributed by atoms with van der Waals surface area (Å²) in [6.45, 7) is 2.08. The van der Waals surface area contributed by atoms with Gasteiger partial charge < -0.3 is 5.73 Å². The highest BCUT2D eigenvalue weighted by atomic mass is 15.2. The minimum atomic E-state index is 0.270. The number of pyridine rings is 1. The molecular formula is C9H16N4. The number of nitrogens with two attached hydrogens (primary N) is 2. The van der Waals surface area contributed by atoms with E-state index in [1.54, 1.807) is 6.20 Å². The molecule has 0 aliphatic rings. The number of hydrogen-bond acceptors (Lipinski definition) is 4. The Hall–Kier alpha value is -1.13. The molecular weight excluding hydrogens is 164 g/mol. The van der Waals surface area contributed by atoms with E-state index in [0.717, 1.165) is 18.4 Å². The molecule has 0 saturated heterocycles. The van der Waals surface area contributed by atoms with Crippen molar-refractivity contribution in [1.29, 1.82) is 0 Å². The lowest BCUT2D eigenvalue weighted by Gasteiger charge is -2.13. The fraction of sp³-hybridized carbons (Fsp3) is 0.444. The topological polar surface area (TPSA) is 77.0 Å². The SMILES string of the molecule is CCC(Cc1cccnc1N)NN. The second kappa shape index (κ2) is 4.79. The third kappa shape index (κ3) is 2.68. The predicted octanol–water partition coefficient (Wildman–Crippen LogP) is 0.448. The Balaban J connectivity index is 2.67. The number of anilines is 1. The summed E-state index contributed by atoms with van der Waals surface area (Å²) in [7, 11) is 0. The first kappa shape index (κ1) is 9.95. The standard InChI is InChI=1S/C9H16N4/c1-2-8(13-11)6-7-4-3-5-12-9(7)10/h3-5,8,13H,2,6,11H2,1H3,(H2,10,12). The molecule has 0 spiro atoms. The van der Waals surface area contributed by atoms with Crippen molar-refractivity contribution < 1.29 is 0 Å². The Labute approximate surface area is 78.3 Å². The molecule has 5 N–H and O–H groups in total. The highest BCUT2D eigenvalue weighted by molar-refractivity contribution is 5.38. The molecule has 1 unspecified atom stereocenters. The monoisotopic (exact) mass is 180 g/mol. The van der Waals surface area contributed by atoms with E-state index in [1.165, 1.54) is 0 Å². The van der Waals surface area contributed by atoms with Crippen LogP contribution in [0.15, 0.2) is 18.3 Å². The zero-order valence-electron chi connectivity index (χ0n) is 7.83. The van der Waals surface area contributed by atoms with Crippen LogP contribution < -0.4 is 17.0 Å². The van der Waals surface area contributed by atoms with Crippen LogP contribution in [0.5, 0.6) is 0 Å². The molecule has 0 aliphatic carbocycles. The first-order valence-corrected chi connectivity index (χ1v) is 4.43. The first-order valence-electron chi connectivity index (χ1n) is 4.43. The highest BCUT2D eigenvalue weighted by Gasteiger charge is 2.07. The normalized spacial score (nSPS) is 12.8. The van der Waals surface area contributed by atoms with Crippen molar-refractivity contribution in [2.24, 2.45) is 5.84 Å². The molecule has 13 heavy (non-hydrogen) atoms. The maximum Gasteiger partial charge on any atom is 0.126 e. The van der Waals surface area contributed by atoms with Crippen LogP contribution in [0.3, 0.4) is 0 Å². The van der Waals surface area contributed by atoms with Gasteiger partial charge in [0, 0.05) is 12.2 Å². The summed E-state index contributed by atoms with van der Waals surface area (Å²) in [6, 6.07) is 4.13. The summed E-state index contributed by atoms with van der Waals surface area (Å²) in [4.78, 5) is 4.01. The van der Waals surface area contributed by atoms with E-state index < -0.39 is 0 Å². The van der Waals surface area contributed by atoms with Gasteiger partial charge in [0.2, 0.25) is 0 Å². The van der Waals surface area contributed by atoms with E-state index in [2.05, 4.69) is 17.3 Å². The highest BCUT2D eigenvalue weighted by Crippen LogP contribution is 2.10. The van der Waals surface area contributed by atoms with E-state index >= 15 is 0 Å². The van der Waals surface area contributed by atoms with E-state index in [4.69, 9.17) is 11.6 Å². The Morgan fingerprint density at radius 1 is 1.62 bits per heavy atom. The largest absolute Gasteiger partial charge is 0.383 e. The van der Waals surface area contributed by atoms with Crippen LogP contribution in [0.2, 0.25) is 0 Å². The summed E-state index contributed by atoms with van der Waals surface area (Å²) in [5.41, 5.74) is 9.49. The van der Waals surface area contributed by atoms with Gasteiger partial charge in [-0.1, -0.05) is 13.0 Å². The van der Waals surface area contributed by atoms with Gasteiger partial charge in [-0.2, -0.15) is 0 Å². The smallest absolute Gasteiger partial charge is 0.126 e. The van der Waals surface area contributed by atoms with Crippen LogP contribution >= 0.6 is 0 Å². The summed E-state index contributed by atoms with van der Waals surface area (Å²) in [5.74, 6) is 5.96. The van der Waals surface area contributed by atoms with Gasteiger partial charge in [-0.25, -0.2) is 4.98 Å². The van der Waals surface area contributed by atoms with E-state index in [1.807, 2.05) is 12.1 Å². The van der Waals surface area contributed by atoms with Gasteiger partial charge in [-0.15, -0.1) is 0 Å². The number of nitrogen functional groups attached to an aromatic ring is 1. The second-order valence-corrected chi connectivity index (χ2v) is 3.02. The van der Waals surface area contributed by atoms with Gasteiger partial charge in [-0.3, -0.25) is 11.3 Å². The fourth-order valence-electron chi connectivity index (χ4n) is 1.21. The molecule has 0 fully saturated rings. The molecule has 0 aromatic carbocycles. The predicted molar refractivity (Wildman–Crippen MR) is 53.8 cm³/mol. The lowest BCUT2D eigenvalue weighted by atomic mass is 10.1. The number of rotatable bonds is 4. The number of nitrogens with one attached hydrogen (secondary N) is 1. The Morgan fingerprint density at radius 2 is 2.38 bits per heavy atom. The molecule has 72 valence electrons. The van der Waals surface area contributed by atoms with Crippen LogP contribution in [0, 0.1) is 0 Å². The maximum absolute atomic E-state index is 5.70. The van der Waals surface area contributed by atoms with Gasteiger partial charge in [0.25, 0.3) is 0 Å². The van der Waals surface area contributed by atoms with Gasteiger partial charge in [0.15, 0.2) is 0 Å². The molecule has 4 nitrogen and oxygen atoms in total. The average Bonchev–Trinajstić information content (AvgIpc) is 2.17. The number of hydrogen-bond donors (Lipinski definition) is 3. The summed E-state index contributed by atoms with van der Waals surface area (Å²) in [5, 5.41) is 0. The zero-order valence-corrected chi connectivity index (χ0v) is 7.83. The molecule has 1 aromatic rings. The van der Waals surface area contributed by atoms with Crippen molar-refractivity contribution in [2.45, 2.75) is 25.8 Å². The minimum Gasteiger partial charge on any atom is -0.383 e. The number of aromatic nitrogens is 1. The Kier molecular flexibility index (Phi) is 3.67. The lowest BCUT2D eigenvalue weighted by Crippen LogP contribution is -2.36. The van der Waals surface area contributed by atoms with Gasteiger partial charge in [0.1, 0.15) is 5.82 Å². The van der Waals surface area contributed by atoms with Crippen molar-refractivity contribution in [3.63, 3.8) is 0 Å². The van der Waals surface area contributed by atoms with Gasteiger partial charge in [0.05, 0.1) is 0 Å². The second-order valence-electron chi connectivity index (χ2n) is 3.02. The molecule has 0 amide bonds. The van der Waals surface area contributed by atoms with Crippen molar-refractivity contribution in [1.82, 2.24) is 10.4 Å². The molecule has 0 aliphatic heterocycles. The molecule has 0 saturated carbocycles. The summed E-state index contributed by atoms with van der Waals surface area (Å²) < 4.78 is 0. The lowest BCUT2D eigenvalue weighted by molar-refractivity contribution is 0.511. The van der Waals surface area contributed by atoms with Crippen LogP contribution in [-0.4, -0.2) is 11.0 Å². The molecule has 1 rings (SSSR count). The van der Waals surface area contributed by atoms with Crippen molar-refractivity contribution in [3.05, 3.63) is 23.9 Å². The quantitative estimate of drug-likeness (QED) is 0.464. The first-order chi connectivity index (χ1) is 6.27. The Bertz CT molecular complexity index is 258. The van der Waals surface area contributed by atoms with E-state index in [0.29, 0.717) is 5.82 Å². The van der Waals surface area contributed by atoms with Crippen LogP contribution in [0.25, 0.3) is 0 Å². The maximum atomic E-state index is 5.70.